The predicted octanol–water partition coefficient (Wildman–Crippen LogP) is 4.97. The average molecular weight is 419 g/mol. The van der Waals surface area contributed by atoms with Gasteiger partial charge >= 0.3 is 6.03 Å². The number of nitrogens with one attached hydrogen (secondary N) is 2. The van der Waals surface area contributed by atoms with Crippen LogP contribution in [0.15, 0.2) is 53.9 Å². The van der Waals surface area contributed by atoms with Crippen LogP contribution in [0.5, 0.6) is 0 Å². The van der Waals surface area contributed by atoms with Crippen LogP contribution in [0, 0.1) is 0 Å². The van der Waals surface area contributed by atoms with Gasteiger partial charge < -0.3 is 10.6 Å². The summed E-state index contributed by atoms with van der Waals surface area (Å²) in [5.74, 6) is 0.725. The molecule has 7 nitrogen and oxygen atoms in total. The Kier molecular flexibility index (Phi) is 5.15. The summed E-state index contributed by atoms with van der Waals surface area (Å²) in [6.07, 6.45) is 5.75. The van der Waals surface area contributed by atoms with Crippen molar-refractivity contribution >= 4 is 28.7 Å². The highest BCUT2D eigenvalue weighted by Gasteiger charge is 2.16. The van der Waals surface area contributed by atoms with E-state index < -0.39 is 0 Å². The Morgan fingerprint density at radius 2 is 1.93 bits per heavy atom. The molecule has 1 aromatic carbocycles. The van der Waals surface area contributed by atoms with Gasteiger partial charge in [-0.1, -0.05) is 37.5 Å². The van der Waals surface area contributed by atoms with E-state index in [1.54, 1.807) is 15.9 Å². The zero-order valence-electron chi connectivity index (χ0n) is 16.4. The third-order valence-electron chi connectivity index (χ3n) is 5.36. The number of carbonyl (C=O) groups is 1. The highest BCUT2D eigenvalue weighted by Crippen LogP contribution is 2.25. The monoisotopic (exact) mass is 418 g/mol. The number of aromatic nitrogens is 4. The molecule has 5 rings (SSSR count). The molecule has 0 unspecified atom stereocenters. The molecule has 2 amide bonds. The molecule has 2 N–H and O–H groups in total. The summed E-state index contributed by atoms with van der Waals surface area (Å²) >= 11 is 1.60. The van der Waals surface area contributed by atoms with Gasteiger partial charge in [0, 0.05) is 17.3 Å². The minimum absolute atomic E-state index is 0.152. The van der Waals surface area contributed by atoms with E-state index in [0.717, 1.165) is 40.5 Å². The van der Waals surface area contributed by atoms with E-state index in [-0.39, 0.29) is 12.1 Å². The van der Waals surface area contributed by atoms with Crippen LogP contribution in [-0.4, -0.2) is 31.9 Å². The number of hydrogen-bond donors (Lipinski definition) is 2. The van der Waals surface area contributed by atoms with E-state index in [4.69, 9.17) is 5.10 Å². The van der Waals surface area contributed by atoms with Crippen molar-refractivity contribution in [2.45, 2.75) is 38.1 Å². The van der Waals surface area contributed by atoms with Crippen LogP contribution in [0.2, 0.25) is 0 Å². The lowest BCUT2D eigenvalue weighted by Crippen LogP contribution is -2.39. The topological polar surface area (TPSA) is 84.2 Å². The lowest BCUT2D eigenvalue weighted by atomic mass is 9.96. The molecule has 1 fully saturated rings. The van der Waals surface area contributed by atoms with Crippen molar-refractivity contribution in [3.63, 3.8) is 0 Å². The molecule has 3 aromatic heterocycles. The number of anilines is 1. The van der Waals surface area contributed by atoms with Crippen molar-refractivity contribution in [1.82, 2.24) is 25.1 Å². The Morgan fingerprint density at radius 3 is 2.77 bits per heavy atom. The number of benzene rings is 1. The molecular formula is C22H22N6OS. The third-order valence-corrected chi connectivity index (χ3v) is 6.23. The fraction of sp³-hybridized carbons (Fsp3) is 0.273. The molecular weight excluding hydrogens is 396 g/mol. The Balaban J connectivity index is 1.37. The minimum atomic E-state index is -0.152. The maximum atomic E-state index is 12.4. The Bertz CT molecular complexity index is 1160. The fourth-order valence-electron chi connectivity index (χ4n) is 3.86. The number of nitrogens with zero attached hydrogens (tertiary/aromatic N) is 4. The maximum absolute atomic E-state index is 12.4. The normalized spacial score (nSPS) is 14.7. The van der Waals surface area contributed by atoms with Crippen molar-refractivity contribution in [3.8, 4) is 22.0 Å². The van der Waals surface area contributed by atoms with Gasteiger partial charge in [-0.25, -0.2) is 4.79 Å². The molecule has 0 spiro atoms. The number of amides is 2. The van der Waals surface area contributed by atoms with Gasteiger partial charge in [-0.3, -0.25) is 0 Å². The van der Waals surface area contributed by atoms with Crippen LogP contribution in [0.25, 0.3) is 27.6 Å². The molecule has 1 saturated carbocycles. The third kappa shape index (κ3) is 3.91. The summed E-state index contributed by atoms with van der Waals surface area (Å²) in [5, 5.41) is 21.3. The molecule has 1 aliphatic carbocycles. The minimum Gasteiger partial charge on any atom is -0.335 e. The number of rotatable bonds is 4. The maximum Gasteiger partial charge on any atom is 0.319 e. The molecule has 0 bridgehead atoms. The second-order valence-corrected chi connectivity index (χ2v) is 8.45. The van der Waals surface area contributed by atoms with E-state index in [1.165, 1.54) is 19.3 Å². The first-order chi connectivity index (χ1) is 14.8. The van der Waals surface area contributed by atoms with Gasteiger partial charge in [-0.05, 0) is 48.6 Å². The lowest BCUT2D eigenvalue weighted by Gasteiger charge is -2.22. The van der Waals surface area contributed by atoms with Crippen LogP contribution in [-0.2, 0) is 0 Å². The van der Waals surface area contributed by atoms with E-state index in [0.29, 0.717) is 5.65 Å². The molecule has 0 aliphatic heterocycles. The SMILES string of the molecule is O=C(Nc1cccc(-c2ccc3nnc(-c4cccs4)n3n2)c1)NC1CCCCC1. The van der Waals surface area contributed by atoms with Crippen LogP contribution >= 0.6 is 11.3 Å². The second-order valence-electron chi connectivity index (χ2n) is 7.50. The Labute approximate surface area is 178 Å². The van der Waals surface area contributed by atoms with Crippen molar-refractivity contribution in [1.29, 1.82) is 0 Å². The number of thiophene rings is 1. The van der Waals surface area contributed by atoms with Crippen LogP contribution < -0.4 is 10.6 Å². The zero-order chi connectivity index (χ0) is 20.3. The molecule has 152 valence electrons. The highest BCUT2D eigenvalue weighted by molar-refractivity contribution is 7.13. The summed E-state index contributed by atoms with van der Waals surface area (Å²) < 4.78 is 1.76. The van der Waals surface area contributed by atoms with Crippen molar-refractivity contribution in [2.24, 2.45) is 0 Å². The molecule has 0 saturated heterocycles. The van der Waals surface area contributed by atoms with E-state index >= 15 is 0 Å². The van der Waals surface area contributed by atoms with Gasteiger partial charge in [0.2, 0.25) is 0 Å². The number of fused-ring (bicyclic) bond motifs is 1. The van der Waals surface area contributed by atoms with E-state index in [2.05, 4.69) is 20.8 Å². The van der Waals surface area contributed by atoms with Gasteiger partial charge in [-0.2, -0.15) is 9.61 Å². The van der Waals surface area contributed by atoms with Crippen molar-refractivity contribution in [3.05, 3.63) is 53.9 Å². The van der Waals surface area contributed by atoms with Crippen LogP contribution in [0.1, 0.15) is 32.1 Å². The molecule has 0 radical (unpaired) electrons. The van der Waals surface area contributed by atoms with Gasteiger partial charge in [0.25, 0.3) is 0 Å². The van der Waals surface area contributed by atoms with E-state index in [1.807, 2.05) is 53.9 Å². The Hall–Kier alpha value is -3.26. The smallest absolute Gasteiger partial charge is 0.319 e. The number of carbonyl (C=O) groups excluding carboxylic acids is 1. The summed E-state index contributed by atoms with van der Waals surface area (Å²) in [5.41, 5.74) is 3.14. The molecule has 0 atom stereocenters. The average Bonchev–Trinajstić information content (AvgIpc) is 3.44. The van der Waals surface area contributed by atoms with Gasteiger partial charge in [0.15, 0.2) is 11.5 Å². The Morgan fingerprint density at radius 1 is 1.03 bits per heavy atom. The first-order valence-electron chi connectivity index (χ1n) is 10.2. The molecule has 8 heteroatoms. The zero-order valence-corrected chi connectivity index (χ0v) is 17.2. The van der Waals surface area contributed by atoms with Crippen molar-refractivity contribution in [2.75, 3.05) is 5.32 Å². The molecule has 4 aromatic rings. The fourth-order valence-corrected chi connectivity index (χ4v) is 4.55. The standard InChI is InChI=1S/C22H22N6OS/c29-22(23-16-7-2-1-3-8-16)24-17-9-4-6-15(14-17)18-11-12-20-25-26-21(28(20)27-18)19-10-5-13-30-19/h4-6,9-14,16H,1-3,7-8H2,(H2,23,24,29). The van der Waals surface area contributed by atoms with Crippen LogP contribution in [0.3, 0.4) is 0 Å². The second kappa shape index (κ2) is 8.23. The molecule has 3 heterocycles. The van der Waals surface area contributed by atoms with Gasteiger partial charge in [0.05, 0.1) is 10.6 Å². The lowest BCUT2D eigenvalue weighted by molar-refractivity contribution is 0.244. The van der Waals surface area contributed by atoms with Crippen molar-refractivity contribution < 1.29 is 4.79 Å². The predicted molar refractivity (Wildman–Crippen MR) is 119 cm³/mol. The quantitative estimate of drug-likeness (QED) is 0.490. The summed E-state index contributed by atoms with van der Waals surface area (Å²) in [6, 6.07) is 15.7. The van der Waals surface area contributed by atoms with Gasteiger partial charge in [0.1, 0.15) is 0 Å². The summed E-state index contributed by atoms with van der Waals surface area (Å²) in [4.78, 5) is 13.4. The molecule has 30 heavy (non-hydrogen) atoms. The summed E-state index contributed by atoms with van der Waals surface area (Å²) in [7, 11) is 0. The van der Waals surface area contributed by atoms with E-state index in [9.17, 15) is 4.79 Å². The summed E-state index contributed by atoms with van der Waals surface area (Å²) in [6.45, 7) is 0. The first-order valence-corrected chi connectivity index (χ1v) is 11.1. The number of hydrogen-bond acceptors (Lipinski definition) is 5. The van der Waals surface area contributed by atoms with Crippen LogP contribution in [0.4, 0.5) is 10.5 Å². The van der Waals surface area contributed by atoms with Gasteiger partial charge in [-0.15, -0.1) is 21.5 Å². The number of urea groups is 1. The first kappa shape index (κ1) is 18.7. The highest BCUT2D eigenvalue weighted by atomic mass is 32.1. The largest absolute Gasteiger partial charge is 0.335 e. The molecule has 1 aliphatic rings.